The normalized spacial score (nSPS) is 11.7. The first-order valence-electron chi connectivity index (χ1n) is 6.72. The third-order valence-corrected chi connectivity index (χ3v) is 4.94. The zero-order chi connectivity index (χ0) is 14.3. The second-order valence-corrected chi connectivity index (χ2v) is 7.11. The molecule has 0 atom stereocenters. The molecule has 0 fully saturated rings. The average molecular weight is 302 g/mol. The summed E-state index contributed by atoms with van der Waals surface area (Å²) < 4.78 is 31.5. The minimum absolute atomic E-state index is 0.00144. The topological polar surface area (TPSA) is 54.4 Å². The van der Waals surface area contributed by atoms with Gasteiger partial charge in [0.1, 0.15) is 0 Å². The van der Waals surface area contributed by atoms with Crippen molar-refractivity contribution in [1.82, 2.24) is 0 Å². The molecule has 0 aromatic heterocycles. The summed E-state index contributed by atoms with van der Waals surface area (Å²) in [6.07, 6.45) is 5.25. The van der Waals surface area contributed by atoms with Gasteiger partial charge in [-0.05, 0) is 48.8 Å². The highest BCUT2D eigenvalue weighted by molar-refractivity contribution is 7.99. The van der Waals surface area contributed by atoms with Crippen molar-refractivity contribution >= 4 is 21.9 Å². The SMILES string of the molecule is CCCCSc1ccc(S(=O)(=O)O)cc1CCCC. The maximum absolute atomic E-state index is 11.2. The highest BCUT2D eigenvalue weighted by atomic mass is 32.2. The molecular formula is C14H22O3S2. The summed E-state index contributed by atoms with van der Waals surface area (Å²) in [4.78, 5) is 1.13. The summed E-state index contributed by atoms with van der Waals surface area (Å²) >= 11 is 1.76. The highest BCUT2D eigenvalue weighted by Gasteiger charge is 2.12. The number of unbranched alkanes of at least 4 members (excludes halogenated alkanes) is 2. The predicted octanol–water partition coefficient (Wildman–Crippen LogP) is 4.17. The second-order valence-electron chi connectivity index (χ2n) is 4.55. The average Bonchev–Trinajstić information content (AvgIpc) is 2.36. The van der Waals surface area contributed by atoms with Gasteiger partial charge in [0, 0.05) is 4.90 Å². The van der Waals surface area contributed by atoms with Crippen LogP contribution in [0.2, 0.25) is 0 Å². The molecule has 0 saturated carbocycles. The summed E-state index contributed by atoms with van der Waals surface area (Å²) in [5.74, 6) is 1.04. The number of hydrogen-bond donors (Lipinski definition) is 1. The maximum atomic E-state index is 11.2. The van der Waals surface area contributed by atoms with Gasteiger partial charge in [-0.1, -0.05) is 26.7 Å². The molecule has 1 aromatic carbocycles. The number of rotatable bonds is 8. The Bertz CT molecular complexity index is 495. The van der Waals surface area contributed by atoms with Crippen molar-refractivity contribution in [3.63, 3.8) is 0 Å². The Morgan fingerprint density at radius 3 is 2.42 bits per heavy atom. The van der Waals surface area contributed by atoms with Crippen LogP contribution in [0.15, 0.2) is 28.0 Å². The largest absolute Gasteiger partial charge is 0.294 e. The lowest BCUT2D eigenvalue weighted by Gasteiger charge is -2.10. The quantitative estimate of drug-likeness (QED) is 0.445. The summed E-state index contributed by atoms with van der Waals surface area (Å²) in [6, 6.07) is 4.91. The van der Waals surface area contributed by atoms with E-state index in [4.69, 9.17) is 4.55 Å². The van der Waals surface area contributed by atoms with E-state index in [9.17, 15) is 8.42 Å². The molecule has 0 bridgehead atoms. The summed E-state index contributed by atoms with van der Waals surface area (Å²) in [5.41, 5.74) is 1.03. The molecule has 1 rings (SSSR count). The number of benzene rings is 1. The van der Waals surface area contributed by atoms with Crippen LogP contribution in [-0.2, 0) is 16.5 Å². The number of aryl methyl sites for hydroxylation is 1. The Kier molecular flexibility index (Phi) is 6.89. The third kappa shape index (κ3) is 5.55. The Hall–Kier alpha value is -0.520. The van der Waals surface area contributed by atoms with Crippen molar-refractivity contribution < 1.29 is 13.0 Å². The van der Waals surface area contributed by atoms with Gasteiger partial charge in [-0.15, -0.1) is 11.8 Å². The number of thioether (sulfide) groups is 1. The van der Waals surface area contributed by atoms with Crippen molar-refractivity contribution in [1.29, 1.82) is 0 Å². The molecule has 19 heavy (non-hydrogen) atoms. The highest BCUT2D eigenvalue weighted by Crippen LogP contribution is 2.27. The first kappa shape index (κ1) is 16.5. The van der Waals surface area contributed by atoms with Crippen LogP contribution in [0.1, 0.15) is 45.1 Å². The van der Waals surface area contributed by atoms with Gasteiger partial charge in [-0.3, -0.25) is 4.55 Å². The molecule has 0 spiro atoms. The van der Waals surface area contributed by atoms with Gasteiger partial charge >= 0.3 is 0 Å². The van der Waals surface area contributed by atoms with Crippen molar-refractivity contribution in [2.45, 2.75) is 55.7 Å². The van der Waals surface area contributed by atoms with Crippen molar-refractivity contribution in [2.24, 2.45) is 0 Å². The summed E-state index contributed by atoms with van der Waals surface area (Å²) in [6.45, 7) is 4.26. The van der Waals surface area contributed by atoms with Crippen LogP contribution in [0.5, 0.6) is 0 Å². The molecule has 5 heteroatoms. The van der Waals surface area contributed by atoms with Crippen LogP contribution in [0.4, 0.5) is 0 Å². The van der Waals surface area contributed by atoms with Crippen LogP contribution in [0.3, 0.4) is 0 Å². The van der Waals surface area contributed by atoms with E-state index in [1.807, 2.05) is 6.07 Å². The fourth-order valence-electron chi connectivity index (χ4n) is 1.75. The van der Waals surface area contributed by atoms with Gasteiger partial charge in [-0.25, -0.2) is 0 Å². The van der Waals surface area contributed by atoms with E-state index in [0.29, 0.717) is 0 Å². The van der Waals surface area contributed by atoms with Gasteiger partial charge < -0.3 is 0 Å². The van der Waals surface area contributed by atoms with E-state index in [0.717, 1.165) is 48.3 Å². The van der Waals surface area contributed by atoms with Gasteiger partial charge in [0.15, 0.2) is 0 Å². The standard InChI is InChI=1S/C14H22O3S2/c1-3-5-7-12-11-13(19(15,16)17)8-9-14(12)18-10-6-4-2/h8-9,11H,3-7,10H2,1-2H3,(H,15,16,17). The van der Waals surface area contributed by atoms with E-state index in [2.05, 4.69) is 13.8 Å². The molecular weight excluding hydrogens is 280 g/mol. The first-order valence-corrected chi connectivity index (χ1v) is 9.14. The molecule has 0 aliphatic rings. The molecule has 0 heterocycles. The van der Waals surface area contributed by atoms with E-state index < -0.39 is 10.1 Å². The smallest absolute Gasteiger partial charge is 0.282 e. The van der Waals surface area contributed by atoms with Gasteiger partial charge in [0.05, 0.1) is 4.90 Å². The van der Waals surface area contributed by atoms with Crippen LogP contribution in [-0.4, -0.2) is 18.7 Å². The number of hydrogen-bond acceptors (Lipinski definition) is 3. The molecule has 0 radical (unpaired) electrons. The van der Waals surface area contributed by atoms with Crippen LogP contribution >= 0.6 is 11.8 Å². The van der Waals surface area contributed by atoms with Crippen molar-refractivity contribution in [2.75, 3.05) is 5.75 Å². The molecule has 0 saturated heterocycles. The molecule has 1 N–H and O–H groups in total. The molecule has 0 aliphatic carbocycles. The van der Waals surface area contributed by atoms with Crippen LogP contribution in [0, 0.1) is 0 Å². The third-order valence-electron chi connectivity index (χ3n) is 2.88. The van der Waals surface area contributed by atoms with Crippen molar-refractivity contribution in [3.05, 3.63) is 23.8 Å². The van der Waals surface area contributed by atoms with E-state index in [1.165, 1.54) is 6.07 Å². The minimum atomic E-state index is -4.10. The maximum Gasteiger partial charge on any atom is 0.294 e. The Morgan fingerprint density at radius 1 is 1.16 bits per heavy atom. The Labute approximate surface area is 120 Å². The first-order chi connectivity index (χ1) is 8.99. The molecule has 0 unspecified atom stereocenters. The van der Waals surface area contributed by atoms with E-state index >= 15 is 0 Å². The summed E-state index contributed by atoms with van der Waals surface area (Å²) in [5, 5.41) is 0. The van der Waals surface area contributed by atoms with Gasteiger partial charge in [0.25, 0.3) is 10.1 Å². The zero-order valence-electron chi connectivity index (χ0n) is 11.6. The monoisotopic (exact) mass is 302 g/mol. The lowest BCUT2D eigenvalue weighted by molar-refractivity contribution is 0.483. The van der Waals surface area contributed by atoms with E-state index in [1.54, 1.807) is 17.8 Å². The van der Waals surface area contributed by atoms with Gasteiger partial charge in [0.2, 0.25) is 0 Å². The molecule has 0 amide bonds. The van der Waals surface area contributed by atoms with Crippen molar-refractivity contribution in [3.8, 4) is 0 Å². The van der Waals surface area contributed by atoms with Crippen LogP contribution < -0.4 is 0 Å². The summed E-state index contributed by atoms with van der Waals surface area (Å²) in [7, 11) is -4.10. The Balaban J connectivity index is 2.95. The molecule has 0 aliphatic heterocycles. The lowest BCUT2D eigenvalue weighted by atomic mass is 10.1. The lowest BCUT2D eigenvalue weighted by Crippen LogP contribution is -2.00. The zero-order valence-corrected chi connectivity index (χ0v) is 13.2. The fourth-order valence-corrected chi connectivity index (χ4v) is 3.44. The molecule has 1 aromatic rings. The van der Waals surface area contributed by atoms with E-state index in [-0.39, 0.29) is 4.90 Å². The predicted molar refractivity (Wildman–Crippen MR) is 80.5 cm³/mol. The van der Waals surface area contributed by atoms with Gasteiger partial charge in [-0.2, -0.15) is 8.42 Å². The molecule has 3 nitrogen and oxygen atoms in total. The minimum Gasteiger partial charge on any atom is -0.282 e. The Morgan fingerprint density at radius 2 is 1.84 bits per heavy atom. The second kappa shape index (κ2) is 7.92. The molecule has 108 valence electrons. The van der Waals surface area contributed by atoms with Crippen LogP contribution in [0.25, 0.3) is 0 Å². The fraction of sp³-hybridized carbons (Fsp3) is 0.571.